The molecule has 0 N–H and O–H groups in total. The number of Topliss-reactive ketones (excluding diaryl/α,β-unsaturated/α-hetero) is 1. The van der Waals surface area contributed by atoms with E-state index in [2.05, 4.69) is 9.97 Å². The van der Waals surface area contributed by atoms with E-state index in [1.54, 1.807) is 0 Å². The fraction of sp³-hybridized carbons (Fsp3) is 0.375. The molecule has 0 aliphatic rings. The first kappa shape index (κ1) is 9.98. The Morgan fingerprint density at radius 3 is 2.77 bits per heavy atom. The second-order valence-electron chi connectivity index (χ2n) is 2.34. The van der Waals surface area contributed by atoms with Gasteiger partial charge in [0.2, 0.25) is 5.88 Å². The smallest absolute Gasteiger partial charge is 0.228 e. The summed E-state index contributed by atoms with van der Waals surface area (Å²) in [5.41, 5.74) is 0.417. The summed E-state index contributed by atoms with van der Waals surface area (Å²) in [6.07, 6.45) is 3.35. The van der Waals surface area contributed by atoms with Crippen molar-refractivity contribution in [1.29, 1.82) is 0 Å². The third-order valence-electron chi connectivity index (χ3n) is 1.49. The largest absolute Gasteiger partial charge is 0.480 e. The van der Waals surface area contributed by atoms with Gasteiger partial charge in [-0.2, -0.15) is 4.98 Å². The minimum Gasteiger partial charge on any atom is -0.480 e. The Labute approximate surface area is 80.7 Å². The van der Waals surface area contributed by atoms with Gasteiger partial charge in [0.15, 0.2) is 10.9 Å². The molecule has 0 aliphatic carbocycles. The van der Waals surface area contributed by atoms with Gasteiger partial charge >= 0.3 is 0 Å². The zero-order valence-corrected chi connectivity index (χ0v) is 8.51. The molecule has 0 bridgehead atoms. The monoisotopic (exact) mass is 198 g/mol. The van der Waals surface area contributed by atoms with Gasteiger partial charge in [-0.1, -0.05) is 11.8 Å². The average Bonchev–Trinajstić information content (AvgIpc) is 2.16. The molecule has 1 heterocycles. The molecule has 0 spiro atoms. The minimum atomic E-state index is -0.0931. The van der Waals surface area contributed by atoms with E-state index >= 15 is 0 Å². The normalized spacial score (nSPS) is 9.77. The van der Waals surface area contributed by atoms with Gasteiger partial charge in [-0.25, -0.2) is 4.98 Å². The fourth-order valence-electron chi connectivity index (χ4n) is 0.846. The molecule has 0 amide bonds. The Kier molecular flexibility index (Phi) is 3.25. The molecule has 1 rings (SSSR count). The quantitative estimate of drug-likeness (QED) is 0.417. The molecule has 0 fully saturated rings. The number of aromatic nitrogens is 2. The molecule has 0 unspecified atom stereocenters. The van der Waals surface area contributed by atoms with Crippen LogP contribution >= 0.6 is 11.8 Å². The van der Waals surface area contributed by atoms with Crippen molar-refractivity contribution in [3.63, 3.8) is 0 Å². The molecule has 5 heteroatoms. The van der Waals surface area contributed by atoms with Crippen LogP contribution in [0.1, 0.15) is 17.3 Å². The van der Waals surface area contributed by atoms with Gasteiger partial charge in [-0.15, -0.1) is 0 Å². The van der Waals surface area contributed by atoms with E-state index in [1.807, 2.05) is 6.26 Å². The summed E-state index contributed by atoms with van der Waals surface area (Å²) in [6.45, 7) is 1.46. The van der Waals surface area contributed by atoms with Crippen LogP contribution in [-0.2, 0) is 0 Å². The number of methoxy groups -OCH3 is 1. The Balaban J connectivity index is 3.15. The number of thioether (sulfide) groups is 1. The Morgan fingerprint density at radius 1 is 1.62 bits per heavy atom. The van der Waals surface area contributed by atoms with E-state index < -0.39 is 0 Å². The SMILES string of the molecule is COc1nc(SC)ncc1C(C)=O. The van der Waals surface area contributed by atoms with Crippen molar-refractivity contribution in [2.24, 2.45) is 0 Å². The molecule has 0 radical (unpaired) electrons. The molecule has 0 saturated heterocycles. The topological polar surface area (TPSA) is 52.1 Å². The summed E-state index contributed by atoms with van der Waals surface area (Å²) in [4.78, 5) is 19.1. The molecular formula is C8H10N2O2S. The van der Waals surface area contributed by atoms with Gasteiger partial charge in [-0.05, 0) is 13.2 Å². The van der Waals surface area contributed by atoms with Gasteiger partial charge in [0.25, 0.3) is 0 Å². The third-order valence-corrected chi connectivity index (χ3v) is 2.05. The number of carbonyl (C=O) groups excluding carboxylic acids is 1. The number of ketones is 1. The first-order valence-electron chi connectivity index (χ1n) is 3.65. The highest BCUT2D eigenvalue weighted by Gasteiger charge is 2.10. The van der Waals surface area contributed by atoms with Crippen LogP contribution in [0.5, 0.6) is 5.88 Å². The van der Waals surface area contributed by atoms with E-state index in [0.717, 1.165) is 0 Å². The summed E-state index contributed by atoms with van der Waals surface area (Å²) in [7, 11) is 1.48. The number of carbonyl (C=O) groups is 1. The highest BCUT2D eigenvalue weighted by Crippen LogP contribution is 2.18. The summed E-state index contributed by atoms with van der Waals surface area (Å²) in [5.74, 6) is 0.247. The molecule has 0 atom stereocenters. The maximum absolute atomic E-state index is 11.1. The molecule has 1 aromatic heterocycles. The van der Waals surface area contributed by atoms with Gasteiger partial charge in [-0.3, -0.25) is 4.79 Å². The zero-order valence-electron chi connectivity index (χ0n) is 7.70. The van der Waals surface area contributed by atoms with Crippen LogP contribution in [-0.4, -0.2) is 29.1 Å². The average molecular weight is 198 g/mol. The second-order valence-corrected chi connectivity index (χ2v) is 3.11. The van der Waals surface area contributed by atoms with Crippen LogP contribution in [0.3, 0.4) is 0 Å². The van der Waals surface area contributed by atoms with Gasteiger partial charge in [0.05, 0.1) is 12.7 Å². The molecule has 4 nitrogen and oxygen atoms in total. The van der Waals surface area contributed by atoms with Crippen LogP contribution in [0.15, 0.2) is 11.4 Å². The summed E-state index contributed by atoms with van der Waals surface area (Å²) < 4.78 is 4.96. The van der Waals surface area contributed by atoms with Crippen LogP contribution in [0.25, 0.3) is 0 Å². The van der Waals surface area contributed by atoms with Gasteiger partial charge < -0.3 is 4.74 Å². The molecule has 1 aromatic rings. The lowest BCUT2D eigenvalue weighted by molar-refractivity contribution is 0.101. The van der Waals surface area contributed by atoms with Crippen LogP contribution in [0.2, 0.25) is 0 Å². The summed E-state index contributed by atoms with van der Waals surface area (Å²) >= 11 is 1.41. The molecule has 0 aromatic carbocycles. The summed E-state index contributed by atoms with van der Waals surface area (Å²) in [5, 5.41) is 0.599. The number of rotatable bonds is 3. The number of hydrogen-bond donors (Lipinski definition) is 0. The van der Waals surface area contributed by atoms with E-state index in [-0.39, 0.29) is 5.78 Å². The van der Waals surface area contributed by atoms with Crippen molar-refractivity contribution in [2.45, 2.75) is 12.1 Å². The predicted molar refractivity (Wildman–Crippen MR) is 50.4 cm³/mol. The lowest BCUT2D eigenvalue weighted by Gasteiger charge is -2.04. The number of ether oxygens (including phenoxy) is 1. The van der Waals surface area contributed by atoms with E-state index in [0.29, 0.717) is 16.6 Å². The van der Waals surface area contributed by atoms with Crippen molar-refractivity contribution < 1.29 is 9.53 Å². The molecule has 13 heavy (non-hydrogen) atoms. The van der Waals surface area contributed by atoms with E-state index in [9.17, 15) is 4.79 Å². The minimum absolute atomic E-state index is 0.0931. The predicted octanol–water partition coefficient (Wildman–Crippen LogP) is 1.41. The zero-order chi connectivity index (χ0) is 9.84. The first-order chi connectivity index (χ1) is 6.19. The lowest BCUT2D eigenvalue weighted by atomic mass is 10.2. The Morgan fingerprint density at radius 2 is 2.31 bits per heavy atom. The maximum Gasteiger partial charge on any atom is 0.228 e. The van der Waals surface area contributed by atoms with Crippen molar-refractivity contribution in [3.8, 4) is 5.88 Å². The standard InChI is InChI=1S/C8H10N2O2S/c1-5(11)6-4-9-8(13-3)10-7(6)12-2/h4H,1-3H3. The van der Waals surface area contributed by atoms with Crippen molar-refractivity contribution in [2.75, 3.05) is 13.4 Å². The van der Waals surface area contributed by atoms with Gasteiger partial charge in [0, 0.05) is 6.20 Å². The highest BCUT2D eigenvalue weighted by molar-refractivity contribution is 7.98. The summed E-state index contributed by atoms with van der Waals surface area (Å²) in [6, 6.07) is 0. The first-order valence-corrected chi connectivity index (χ1v) is 4.87. The third kappa shape index (κ3) is 2.18. The molecular weight excluding hydrogens is 188 g/mol. The maximum atomic E-state index is 11.1. The Hall–Kier alpha value is -1.10. The molecule has 0 aliphatic heterocycles. The molecule has 0 saturated carbocycles. The fourth-order valence-corrected chi connectivity index (χ4v) is 1.18. The number of nitrogens with zero attached hydrogens (tertiary/aromatic N) is 2. The molecule has 70 valence electrons. The van der Waals surface area contributed by atoms with E-state index in [1.165, 1.54) is 32.0 Å². The van der Waals surface area contributed by atoms with Crippen LogP contribution in [0.4, 0.5) is 0 Å². The highest BCUT2D eigenvalue weighted by atomic mass is 32.2. The second kappa shape index (κ2) is 4.23. The van der Waals surface area contributed by atoms with Gasteiger partial charge in [0.1, 0.15) is 0 Å². The lowest BCUT2D eigenvalue weighted by Crippen LogP contribution is -2.02. The van der Waals surface area contributed by atoms with Crippen LogP contribution in [0, 0.1) is 0 Å². The van der Waals surface area contributed by atoms with Crippen LogP contribution < -0.4 is 4.74 Å². The van der Waals surface area contributed by atoms with Crippen molar-refractivity contribution in [3.05, 3.63) is 11.8 Å². The number of hydrogen-bond acceptors (Lipinski definition) is 5. The van der Waals surface area contributed by atoms with Crippen molar-refractivity contribution >= 4 is 17.5 Å². The Bertz CT molecular complexity index is 328. The van der Waals surface area contributed by atoms with E-state index in [4.69, 9.17) is 4.74 Å². The van der Waals surface area contributed by atoms with Crippen molar-refractivity contribution in [1.82, 2.24) is 9.97 Å².